The van der Waals surface area contributed by atoms with Crippen molar-refractivity contribution in [3.63, 3.8) is 0 Å². The minimum Gasteiger partial charge on any atom is -0.493 e. The van der Waals surface area contributed by atoms with Crippen LogP contribution in [-0.2, 0) is 17.9 Å². The Bertz CT molecular complexity index is 431. The molecule has 5 nitrogen and oxygen atoms in total. The Hall–Kier alpha value is -1.30. The number of nitrogens with one attached hydrogen (secondary N) is 1. The minimum atomic E-state index is 0.585. The summed E-state index contributed by atoms with van der Waals surface area (Å²) in [5.41, 5.74) is 2.32. The molecule has 2 rings (SSSR count). The fraction of sp³-hybridized carbons (Fsp3) is 0.600. The first-order chi connectivity index (χ1) is 9.80. The number of ether oxygens (including phenoxy) is 3. The molecule has 1 saturated heterocycles. The van der Waals surface area contributed by atoms with Crippen LogP contribution in [0.4, 0.5) is 0 Å². The van der Waals surface area contributed by atoms with Gasteiger partial charge in [0.25, 0.3) is 0 Å². The summed E-state index contributed by atoms with van der Waals surface area (Å²) in [7, 11) is 5.07. The summed E-state index contributed by atoms with van der Waals surface area (Å²) in [6, 6.07) is 4.00. The average Bonchev–Trinajstić information content (AvgIpc) is 2.49. The van der Waals surface area contributed by atoms with Gasteiger partial charge in [0, 0.05) is 45.4 Å². The van der Waals surface area contributed by atoms with E-state index in [2.05, 4.69) is 16.3 Å². The van der Waals surface area contributed by atoms with Crippen molar-refractivity contribution in [3.8, 4) is 11.5 Å². The van der Waals surface area contributed by atoms with Crippen LogP contribution in [0.2, 0.25) is 0 Å². The number of nitrogens with zero attached hydrogens (tertiary/aromatic N) is 1. The molecule has 0 aliphatic carbocycles. The van der Waals surface area contributed by atoms with Gasteiger partial charge in [-0.2, -0.15) is 0 Å². The highest BCUT2D eigenvalue weighted by Crippen LogP contribution is 2.34. The highest BCUT2D eigenvalue weighted by Gasteiger charge is 2.19. The molecule has 1 fully saturated rings. The van der Waals surface area contributed by atoms with E-state index in [9.17, 15) is 0 Å². The lowest BCUT2D eigenvalue weighted by atomic mass is 10.0. The van der Waals surface area contributed by atoms with Crippen molar-refractivity contribution in [3.05, 3.63) is 23.3 Å². The standard InChI is InChI=1S/C15H24N2O3/c1-18-11-12-4-5-14(19-2)15(20-3)13(12)10-17-8-6-16-7-9-17/h4-5,16H,6-11H2,1-3H3. The van der Waals surface area contributed by atoms with Gasteiger partial charge >= 0.3 is 0 Å². The van der Waals surface area contributed by atoms with Crippen molar-refractivity contribution in [1.29, 1.82) is 0 Å². The molecule has 1 aliphatic heterocycles. The Morgan fingerprint density at radius 3 is 2.45 bits per heavy atom. The average molecular weight is 280 g/mol. The molecule has 0 radical (unpaired) electrons. The summed E-state index contributed by atoms with van der Waals surface area (Å²) in [6.07, 6.45) is 0. The zero-order valence-electron chi connectivity index (χ0n) is 12.6. The molecule has 5 heteroatoms. The summed E-state index contributed by atoms with van der Waals surface area (Å²) < 4.78 is 16.3. The Morgan fingerprint density at radius 2 is 1.85 bits per heavy atom. The molecular weight excluding hydrogens is 256 g/mol. The number of benzene rings is 1. The van der Waals surface area contributed by atoms with Gasteiger partial charge in [0.2, 0.25) is 0 Å². The summed E-state index contributed by atoms with van der Waals surface area (Å²) in [5, 5.41) is 3.37. The summed E-state index contributed by atoms with van der Waals surface area (Å²) in [6.45, 7) is 5.61. The van der Waals surface area contributed by atoms with E-state index in [1.54, 1.807) is 21.3 Å². The third-order valence-corrected chi connectivity index (χ3v) is 3.64. The monoisotopic (exact) mass is 280 g/mol. The molecule has 1 N–H and O–H groups in total. The quantitative estimate of drug-likeness (QED) is 0.849. The Balaban J connectivity index is 2.29. The smallest absolute Gasteiger partial charge is 0.165 e. The number of rotatable bonds is 6. The molecule has 0 saturated carbocycles. The molecule has 1 aromatic rings. The van der Waals surface area contributed by atoms with E-state index < -0.39 is 0 Å². The van der Waals surface area contributed by atoms with E-state index in [0.29, 0.717) is 6.61 Å². The first kappa shape index (κ1) is 15.1. The Kier molecular flexibility index (Phi) is 5.64. The van der Waals surface area contributed by atoms with E-state index in [0.717, 1.165) is 55.3 Å². The maximum atomic E-state index is 5.57. The number of piperazine rings is 1. The van der Waals surface area contributed by atoms with Gasteiger partial charge < -0.3 is 19.5 Å². The second-order valence-electron chi connectivity index (χ2n) is 4.90. The number of hydrogen-bond acceptors (Lipinski definition) is 5. The molecule has 0 amide bonds. The molecule has 112 valence electrons. The molecule has 1 heterocycles. The third kappa shape index (κ3) is 3.42. The molecule has 20 heavy (non-hydrogen) atoms. The van der Waals surface area contributed by atoms with Gasteiger partial charge in [0.1, 0.15) is 0 Å². The molecule has 0 spiro atoms. The van der Waals surface area contributed by atoms with Crippen LogP contribution in [0.15, 0.2) is 12.1 Å². The SMILES string of the molecule is COCc1ccc(OC)c(OC)c1CN1CCNCC1. The van der Waals surface area contributed by atoms with Crippen LogP contribution in [-0.4, -0.2) is 52.4 Å². The predicted molar refractivity (Wildman–Crippen MR) is 78.4 cm³/mol. The lowest BCUT2D eigenvalue weighted by Crippen LogP contribution is -2.43. The molecule has 0 atom stereocenters. The molecule has 1 aliphatic rings. The van der Waals surface area contributed by atoms with Gasteiger partial charge in [-0.3, -0.25) is 4.90 Å². The first-order valence-corrected chi connectivity index (χ1v) is 6.95. The van der Waals surface area contributed by atoms with Crippen LogP contribution in [0.5, 0.6) is 11.5 Å². The van der Waals surface area contributed by atoms with E-state index in [1.807, 2.05) is 6.07 Å². The maximum absolute atomic E-state index is 5.57. The fourth-order valence-electron chi connectivity index (χ4n) is 2.59. The van der Waals surface area contributed by atoms with E-state index in [4.69, 9.17) is 14.2 Å². The molecule has 0 unspecified atom stereocenters. The van der Waals surface area contributed by atoms with Crippen LogP contribution in [0.1, 0.15) is 11.1 Å². The van der Waals surface area contributed by atoms with Crippen LogP contribution in [0.3, 0.4) is 0 Å². The minimum absolute atomic E-state index is 0.585. The molecule has 0 aromatic heterocycles. The van der Waals surface area contributed by atoms with Crippen LogP contribution >= 0.6 is 0 Å². The van der Waals surface area contributed by atoms with Crippen molar-refractivity contribution >= 4 is 0 Å². The lowest BCUT2D eigenvalue weighted by Gasteiger charge is -2.29. The van der Waals surface area contributed by atoms with Crippen LogP contribution in [0.25, 0.3) is 0 Å². The fourth-order valence-corrected chi connectivity index (χ4v) is 2.59. The van der Waals surface area contributed by atoms with E-state index in [-0.39, 0.29) is 0 Å². The second kappa shape index (κ2) is 7.47. The van der Waals surface area contributed by atoms with E-state index in [1.165, 1.54) is 0 Å². The van der Waals surface area contributed by atoms with Gasteiger partial charge in [-0.1, -0.05) is 6.07 Å². The highest BCUT2D eigenvalue weighted by atomic mass is 16.5. The second-order valence-corrected chi connectivity index (χ2v) is 4.90. The Labute approximate surface area is 120 Å². The summed E-state index contributed by atoms with van der Waals surface area (Å²) in [4.78, 5) is 2.42. The lowest BCUT2D eigenvalue weighted by molar-refractivity contribution is 0.180. The van der Waals surface area contributed by atoms with Crippen LogP contribution < -0.4 is 14.8 Å². The third-order valence-electron chi connectivity index (χ3n) is 3.64. The first-order valence-electron chi connectivity index (χ1n) is 6.95. The van der Waals surface area contributed by atoms with Crippen LogP contribution in [0, 0.1) is 0 Å². The van der Waals surface area contributed by atoms with Gasteiger partial charge in [0.05, 0.1) is 20.8 Å². The number of hydrogen-bond donors (Lipinski definition) is 1. The van der Waals surface area contributed by atoms with Crippen molar-refractivity contribution in [1.82, 2.24) is 10.2 Å². The summed E-state index contributed by atoms with van der Waals surface area (Å²) in [5.74, 6) is 1.60. The van der Waals surface area contributed by atoms with Crippen molar-refractivity contribution in [2.75, 3.05) is 47.5 Å². The maximum Gasteiger partial charge on any atom is 0.165 e. The van der Waals surface area contributed by atoms with Crippen molar-refractivity contribution in [2.24, 2.45) is 0 Å². The zero-order chi connectivity index (χ0) is 14.4. The highest BCUT2D eigenvalue weighted by molar-refractivity contribution is 5.50. The molecular formula is C15H24N2O3. The normalized spacial score (nSPS) is 16.1. The molecule has 1 aromatic carbocycles. The van der Waals surface area contributed by atoms with Crippen molar-refractivity contribution in [2.45, 2.75) is 13.2 Å². The number of methoxy groups -OCH3 is 3. The van der Waals surface area contributed by atoms with Gasteiger partial charge in [0.15, 0.2) is 11.5 Å². The van der Waals surface area contributed by atoms with Crippen molar-refractivity contribution < 1.29 is 14.2 Å². The van der Waals surface area contributed by atoms with Gasteiger partial charge in [-0.15, -0.1) is 0 Å². The largest absolute Gasteiger partial charge is 0.493 e. The summed E-state index contributed by atoms with van der Waals surface area (Å²) >= 11 is 0. The molecule has 0 bridgehead atoms. The topological polar surface area (TPSA) is 43.0 Å². The van der Waals surface area contributed by atoms with Gasteiger partial charge in [-0.25, -0.2) is 0 Å². The van der Waals surface area contributed by atoms with E-state index >= 15 is 0 Å². The Morgan fingerprint density at radius 1 is 1.10 bits per heavy atom. The zero-order valence-corrected chi connectivity index (χ0v) is 12.6. The predicted octanol–water partition coefficient (Wildman–Crippen LogP) is 1.26. The van der Waals surface area contributed by atoms with Gasteiger partial charge in [-0.05, 0) is 11.6 Å².